The van der Waals surface area contributed by atoms with Crippen LogP contribution in [0.1, 0.15) is 22.5 Å². The standard InChI is InChI=1S/C18H21N3O3/c1-24-12-6-11-20-18(23)16(13-15-9-5-10-19-15)21-17(22)14-7-3-2-4-8-14/h2-5,7-10,13,19H,6,11-12H2,1H3,(H,20,23)(H,21,22)/b16-13-. The van der Waals surface area contributed by atoms with E-state index < -0.39 is 0 Å². The van der Waals surface area contributed by atoms with E-state index in [1.54, 1.807) is 43.6 Å². The first kappa shape index (κ1) is 17.5. The van der Waals surface area contributed by atoms with Gasteiger partial charge in [-0.25, -0.2) is 0 Å². The van der Waals surface area contributed by atoms with E-state index in [1.807, 2.05) is 18.2 Å². The number of ether oxygens (including phenoxy) is 1. The second-order valence-electron chi connectivity index (χ2n) is 5.11. The number of carbonyl (C=O) groups excluding carboxylic acids is 2. The van der Waals surface area contributed by atoms with Gasteiger partial charge >= 0.3 is 0 Å². The first-order chi connectivity index (χ1) is 11.7. The number of amides is 2. The molecule has 126 valence electrons. The first-order valence-corrected chi connectivity index (χ1v) is 7.69. The molecule has 0 spiro atoms. The molecule has 0 saturated carbocycles. The Hall–Kier alpha value is -2.86. The maximum Gasteiger partial charge on any atom is 0.267 e. The van der Waals surface area contributed by atoms with Crippen molar-refractivity contribution >= 4 is 17.9 Å². The minimum absolute atomic E-state index is 0.184. The molecule has 6 heteroatoms. The lowest BCUT2D eigenvalue weighted by atomic mass is 10.2. The normalized spacial score (nSPS) is 11.1. The van der Waals surface area contributed by atoms with Crippen LogP contribution in [-0.2, 0) is 9.53 Å². The minimum atomic E-state index is -0.343. The number of methoxy groups -OCH3 is 1. The van der Waals surface area contributed by atoms with Crippen molar-refractivity contribution in [2.45, 2.75) is 6.42 Å². The molecule has 0 bridgehead atoms. The van der Waals surface area contributed by atoms with Gasteiger partial charge in [0.2, 0.25) is 0 Å². The molecule has 6 nitrogen and oxygen atoms in total. The molecular weight excluding hydrogens is 306 g/mol. The number of H-pyrrole nitrogens is 1. The van der Waals surface area contributed by atoms with E-state index in [0.29, 0.717) is 25.1 Å². The lowest BCUT2D eigenvalue weighted by molar-refractivity contribution is -0.117. The Morgan fingerprint density at radius 1 is 1.17 bits per heavy atom. The Kier molecular flexibility index (Phi) is 6.79. The van der Waals surface area contributed by atoms with Gasteiger partial charge in [-0.2, -0.15) is 0 Å². The van der Waals surface area contributed by atoms with Crippen molar-refractivity contribution in [2.24, 2.45) is 0 Å². The monoisotopic (exact) mass is 327 g/mol. The van der Waals surface area contributed by atoms with Crippen molar-refractivity contribution < 1.29 is 14.3 Å². The van der Waals surface area contributed by atoms with Crippen LogP contribution in [0.15, 0.2) is 54.4 Å². The Labute approximate surface area is 140 Å². The highest BCUT2D eigenvalue weighted by Gasteiger charge is 2.14. The highest BCUT2D eigenvalue weighted by atomic mass is 16.5. The van der Waals surface area contributed by atoms with Gasteiger partial charge in [0, 0.05) is 37.7 Å². The Morgan fingerprint density at radius 2 is 1.96 bits per heavy atom. The molecule has 24 heavy (non-hydrogen) atoms. The average Bonchev–Trinajstić information content (AvgIpc) is 3.12. The zero-order valence-corrected chi connectivity index (χ0v) is 13.5. The molecule has 0 saturated heterocycles. The summed E-state index contributed by atoms with van der Waals surface area (Å²) < 4.78 is 4.95. The number of hydrogen-bond donors (Lipinski definition) is 3. The fraction of sp³-hybridized carbons (Fsp3) is 0.222. The van der Waals surface area contributed by atoms with Gasteiger partial charge in [0.05, 0.1) is 0 Å². The summed E-state index contributed by atoms with van der Waals surface area (Å²) in [6.07, 6.45) is 4.05. The number of benzene rings is 1. The SMILES string of the molecule is COCCCNC(=O)/C(=C/c1ccc[nH]1)NC(=O)c1ccccc1. The van der Waals surface area contributed by atoms with Crippen molar-refractivity contribution in [2.75, 3.05) is 20.3 Å². The summed E-state index contributed by atoms with van der Waals surface area (Å²) in [7, 11) is 1.61. The van der Waals surface area contributed by atoms with Crippen molar-refractivity contribution in [1.29, 1.82) is 0 Å². The number of aromatic nitrogens is 1. The third-order valence-electron chi connectivity index (χ3n) is 3.26. The molecule has 1 aromatic carbocycles. The molecule has 1 heterocycles. The Bertz CT molecular complexity index is 679. The number of nitrogens with one attached hydrogen (secondary N) is 3. The fourth-order valence-electron chi connectivity index (χ4n) is 2.05. The predicted octanol–water partition coefficient (Wildman–Crippen LogP) is 1.94. The van der Waals surface area contributed by atoms with Gasteiger partial charge in [-0.3, -0.25) is 9.59 Å². The maximum atomic E-state index is 12.4. The minimum Gasteiger partial charge on any atom is -0.385 e. The number of rotatable bonds is 8. The van der Waals surface area contributed by atoms with E-state index in [9.17, 15) is 9.59 Å². The summed E-state index contributed by atoms with van der Waals surface area (Å²) in [5, 5.41) is 5.44. The van der Waals surface area contributed by atoms with Crippen LogP contribution < -0.4 is 10.6 Å². The number of hydrogen-bond acceptors (Lipinski definition) is 3. The highest BCUT2D eigenvalue weighted by Crippen LogP contribution is 2.05. The number of carbonyl (C=O) groups is 2. The molecule has 2 rings (SSSR count). The average molecular weight is 327 g/mol. The van der Waals surface area contributed by atoms with Crippen molar-refractivity contribution in [3.05, 3.63) is 65.6 Å². The zero-order valence-electron chi connectivity index (χ0n) is 13.5. The molecular formula is C18H21N3O3. The summed E-state index contributed by atoms with van der Waals surface area (Å²) in [4.78, 5) is 27.6. The molecule has 0 aliphatic carbocycles. The van der Waals surface area contributed by atoms with Crippen LogP contribution in [0, 0.1) is 0 Å². The van der Waals surface area contributed by atoms with Gasteiger partial charge in [-0.05, 0) is 36.8 Å². The third kappa shape index (κ3) is 5.40. The Morgan fingerprint density at radius 3 is 2.62 bits per heavy atom. The van der Waals surface area contributed by atoms with Crippen LogP contribution in [0.2, 0.25) is 0 Å². The second-order valence-corrected chi connectivity index (χ2v) is 5.11. The van der Waals surface area contributed by atoms with E-state index in [2.05, 4.69) is 15.6 Å². The topological polar surface area (TPSA) is 83.2 Å². The molecule has 0 radical (unpaired) electrons. The van der Waals surface area contributed by atoms with E-state index in [-0.39, 0.29) is 17.5 Å². The molecule has 0 unspecified atom stereocenters. The van der Waals surface area contributed by atoms with E-state index in [4.69, 9.17) is 4.74 Å². The van der Waals surface area contributed by atoms with Crippen molar-refractivity contribution in [3.63, 3.8) is 0 Å². The van der Waals surface area contributed by atoms with Crippen LogP contribution in [0.3, 0.4) is 0 Å². The first-order valence-electron chi connectivity index (χ1n) is 7.69. The van der Waals surface area contributed by atoms with E-state index in [0.717, 1.165) is 5.69 Å². The van der Waals surface area contributed by atoms with Crippen LogP contribution >= 0.6 is 0 Å². The van der Waals surface area contributed by atoms with Crippen molar-refractivity contribution in [3.8, 4) is 0 Å². The van der Waals surface area contributed by atoms with Gasteiger partial charge in [0.15, 0.2) is 0 Å². The smallest absolute Gasteiger partial charge is 0.267 e. The molecule has 3 N–H and O–H groups in total. The van der Waals surface area contributed by atoms with Crippen LogP contribution in [0.4, 0.5) is 0 Å². The van der Waals surface area contributed by atoms with Crippen molar-refractivity contribution in [1.82, 2.24) is 15.6 Å². The van der Waals surface area contributed by atoms with Crippen LogP contribution in [0.5, 0.6) is 0 Å². The summed E-state index contributed by atoms with van der Waals surface area (Å²) in [5.74, 6) is -0.676. The lowest BCUT2D eigenvalue weighted by Gasteiger charge is -2.11. The van der Waals surface area contributed by atoms with Crippen LogP contribution in [-0.4, -0.2) is 37.1 Å². The summed E-state index contributed by atoms with van der Waals surface area (Å²) >= 11 is 0. The van der Waals surface area contributed by atoms with Crippen LogP contribution in [0.25, 0.3) is 6.08 Å². The summed E-state index contributed by atoms with van der Waals surface area (Å²) in [5.41, 5.74) is 1.40. The fourth-order valence-corrected chi connectivity index (χ4v) is 2.05. The molecule has 0 fully saturated rings. The third-order valence-corrected chi connectivity index (χ3v) is 3.26. The molecule has 1 aromatic heterocycles. The lowest BCUT2D eigenvalue weighted by Crippen LogP contribution is -2.35. The summed E-state index contributed by atoms with van der Waals surface area (Å²) in [6.45, 7) is 1.03. The van der Waals surface area contributed by atoms with Gasteiger partial charge in [-0.1, -0.05) is 18.2 Å². The Balaban J connectivity index is 2.08. The van der Waals surface area contributed by atoms with Gasteiger partial charge in [-0.15, -0.1) is 0 Å². The predicted molar refractivity (Wildman–Crippen MR) is 92.2 cm³/mol. The molecule has 0 aliphatic rings. The highest BCUT2D eigenvalue weighted by molar-refractivity contribution is 6.05. The molecule has 0 aliphatic heterocycles. The van der Waals surface area contributed by atoms with E-state index >= 15 is 0 Å². The largest absolute Gasteiger partial charge is 0.385 e. The second kappa shape index (κ2) is 9.32. The van der Waals surface area contributed by atoms with E-state index in [1.165, 1.54) is 0 Å². The van der Waals surface area contributed by atoms with Gasteiger partial charge in [0.25, 0.3) is 11.8 Å². The van der Waals surface area contributed by atoms with Gasteiger partial charge < -0.3 is 20.4 Å². The summed E-state index contributed by atoms with van der Waals surface area (Å²) in [6, 6.07) is 12.4. The van der Waals surface area contributed by atoms with Gasteiger partial charge in [0.1, 0.15) is 5.70 Å². The molecule has 2 aromatic rings. The molecule has 2 amide bonds. The zero-order chi connectivity index (χ0) is 17.2. The molecule has 0 atom stereocenters. The quantitative estimate of drug-likeness (QED) is 0.512. The number of aromatic amines is 1. The maximum absolute atomic E-state index is 12.4.